The summed E-state index contributed by atoms with van der Waals surface area (Å²) in [6.45, 7) is 10.9. The molecule has 116 valence electrons. The van der Waals surface area contributed by atoms with Crippen molar-refractivity contribution in [2.24, 2.45) is 16.2 Å². The van der Waals surface area contributed by atoms with E-state index in [0.29, 0.717) is 24.8 Å². The fraction of sp³-hybridized carbons (Fsp3) is 0.857. The number of likely N-dealkylation sites (tertiary alicyclic amines) is 1. The molecule has 0 aromatic heterocycles. The van der Waals surface area contributed by atoms with Gasteiger partial charge in [0.1, 0.15) is 11.4 Å². The summed E-state index contributed by atoms with van der Waals surface area (Å²) < 4.78 is 21.0. The zero-order valence-corrected chi connectivity index (χ0v) is 13.9. The summed E-state index contributed by atoms with van der Waals surface area (Å²) in [7, 11) is 0. The minimum atomic E-state index is -1.15. The Morgan fingerprint density at radius 3 is 2.75 bits per heavy atom. The van der Waals surface area contributed by atoms with Crippen LogP contribution in [0.1, 0.15) is 41.0 Å². The van der Waals surface area contributed by atoms with E-state index in [9.17, 15) is 9.35 Å². The van der Waals surface area contributed by atoms with Crippen molar-refractivity contribution in [3.63, 3.8) is 0 Å². The summed E-state index contributed by atoms with van der Waals surface area (Å²) in [5.41, 5.74) is -0.470. The molecule has 0 radical (unpaired) electrons. The van der Waals surface area contributed by atoms with Crippen molar-refractivity contribution in [2.45, 2.75) is 46.6 Å². The zero-order chi connectivity index (χ0) is 15.3. The quantitative estimate of drug-likeness (QED) is 0.592. The minimum Gasteiger partial charge on any atom is -0.591 e. The lowest BCUT2D eigenvalue weighted by atomic mass is 10.1. The number of hydrogen-bond acceptors (Lipinski definition) is 4. The van der Waals surface area contributed by atoms with Crippen LogP contribution in [0.25, 0.3) is 0 Å². The summed E-state index contributed by atoms with van der Waals surface area (Å²) in [6, 6.07) is 0. The first kappa shape index (κ1) is 17.3. The molecule has 20 heavy (non-hydrogen) atoms. The van der Waals surface area contributed by atoms with Crippen molar-refractivity contribution in [1.29, 1.82) is 0 Å². The molecule has 5 nitrogen and oxygen atoms in total. The van der Waals surface area contributed by atoms with Crippen LogP contribution in [0.2, 0.25) is 0 Å². The van der Waals surface area contributed by atoms with Gasteiger partial charge < -0.3 is 14.2 Å². The topological polar surface area (TPSA) is 65.0 Å². The molecular weight excluding hydrogens is 276 g/mol. The molecule has 0 aromatic carbocycles. The molecule has 1 aliphatic rings. The number of nitrogens with zero attached hydrogens (tertiary/aromatic N) is 2. The fourth-order valence-corrected chi connectivity index (χ4v) is 2.85. The molecular formula is C14H26N2O3S. The third-order valence-electron chi connectivity index (χ3n) is 2.74. The first-order valence-corrected chi connectivity index (χ1v) is 8.35. The molecule has 1 amide bonds. The highest BCUT2D eigenvalue weighted by atomic mass is 32.2. The Morgan fingerprint density at radius 1 is 1.55 bits per heavy atom. The van der Waals surface area contributed by atoms with Gasteiger partial charge in [-0.05, 0) is 27.2 Å². The van der Waals surface area contributed by atoms with Gasteiger partial charge in [-0.15, -0.1) is 0 Å². The lowest BCUT2D eigenvalue weighted by Crippen LogP contribution is -2.35. The second-order valence-corrected chi connectivity index (χ2v) is 7.80. The van der Waals surface area contributed by atoms with Crippen LogP contribution in [0, 0.1) is 11.8 Å². The summed E-state index contributed by atoms with van der Waals surface area (Å²) in [4.78, 5) is 13.6. The summed E-state index contributed by atoms with van der Waals surface area (Å²) >= 11 is -1.15. The smallest absolute Gasteiger partial charge is 0.410 e. The second kappa shape index (κ2) is 7.31. The normalized spacial score (nSPS) is 21.8. The van der Waals surface area contributed by atoms with Crippen molar-refractivity contribution in [1.82, 2.24) is 4.90 Å². The maximum Gasteiger partial charge on any atom is 0.410 e. The van der Waals surface area contributed by atoms with Gasteiger partial charge in [-0.3, -0.25) is 0 Å². The van der Waals surface area contributed by atoms with Gasteiger partial charge in [0.2, 0.25) is 0 Å². The van der Waals surface area contributed by atoms with Crippen LogP contribution >= 0.6 is 0 Å². The van der Waals surface area contributed by atoms with E-state index in [-0.39, 0.29) is 12.0 Å². The molecule has 0 aliphatic carbocycles. The number of amides is 1. The molecule has 0 saturated carbocycles. The van der Waals surface area contributed by atoms with E-state index in [0.717, 1.165) is 6.42 Å². The Morgan fingerprint density at radius 2 is 2.20 bits per heavy atom. The van der Waals surface area contributed by atoms with E-state index in [2.05, 4.69) is 4.40 Å². The van der Waals surface area contributed by atoms with Gasteiger partial charge in [-0.25, -0.2) is 4.79 Å². The molecule has 2 atom stereocenters. The van der Waals surface area contributed by atoms with E-state index in [1.165, 1.54) is 0 Å². The Hall–Kier alpha value is -0.750. The van der Waals surface area contributed by atoms with Gasteiger partial charge in [-0.1, -0.05) is 18.2 Å². The van der Waals surface area contributed by atoms with Gasteiger partial charge in [0, 0.05) is 24.9 Å². The predicted octanol–water partition coefficient (Wildman–Crippen LogP) is 2.63. The minimum absolute atomic E-state index is 0.179. The Labute approximate surface area is 125 Å². The maximum absolute atomic E-state index is 11.9. The molecule has 0 aromatic rings. The number of carbonyl (C=O) groups excluding carboxylic acids is 1. The number of rotatable bonds is 4. The average molecular weight is 302 g/mol. The monoisotopic (exact) mass is 302 g/mol. The van der Waals surface area contributed by atoms with E-state index in [1.807, 2.05) is 34.6 Å². The van der Waals surface area contributed by atoms with Crippen molar-refractivity contribution in [2.75, 3.05) is 18.8 Å². The van der Waals surface area contributed by atoms with Gasteiger partial charge in [0.05, 0.1) is 17.6 Å². The summed E-state index contributed by atoms with van der Waals surface area (Å²) in [5.74, 6) is 1.13. The third-order valence-corrected chi connectivity index (χ3v) is 4.05. The van der Waals surface area contributed by atoms with E-state index < -0.39 is 17.0 Å². The highest BCUT2D eigenvalue weighted by Crippen LogP contribution is 2.18. The van der Waals surface area contributed by atoms with Crippen molar-refractivity contribution < 1.29 is 14.1 Å². The maximum atomic E-state index is 11.9. The summed E-state index contributed by atoms with van der Waals surface area (Å²) in [6.07, 6.45) is 2.31. The van der Waals surface area contributed by atoms with Crippen LogP contribution in [0.5, 0.6) is 0 Å². The number of hydrogen-bond donors (Lipinski definition) is 0. The molecule has 1 rings (SSSR count). The van der Waals surface area contributed by atoms with E-state index >= 15 is 0 Å². The molecule has 0 spiro atoms. The van der Waals surface area contributed by atoms with Crippen LogP contribution in [-0.4, -0.2) is 46.2 Å². The molecule has 0 bridgehead atoms. The second-order valence-electron chi connectivity index (χ2n) is 6.61. The molecule has 6 heteroatoms. The molecule has 1 saturated heterocycles. The van der Waals surface area contributed by atoms with Gasteiger partial charge >= 0.3 is 6.09 Å². The van der Waals surface area contributed by atoms with E-state index in [4.69, 9.17) is 4.74 Å². The number of ether oxygens (including phenoxy) is 1. The molecule has 1 heterocycles. The first-order chi connectivity index (χ1) is 9.17. The van der Waals surface area contributed by atoms with Crippen LogP contribution in [0.15, 0.2) is 4.40 Å². The van der Waals surface area contributed by atoms with Crippen LogP contribution in [0.4, 0.5) is 4.79 Å². The molecule has 1 aliphatic heterocycles. The largest absolute Gasteiger partial charge is 0.591 e. The van der Waals surface area contributed by atoms with Gasteiger partial charge in [-0.2, -0.15) is 0 Å². The van der Waals surface area contributed by atoms with Crippen LogP contribution in [0.3, 0.4) is 0 Å². The van der Waals surface area contributed by atoms with Crippen molar-refractivity contribution in [3.05, 3.63) is 0 Å². The van der Waals surface area contributed by atoms with Crippen LogP contribution < -0.4 is 0 Å². The lowest BCUT2D eigenvalue weighted by Gasteiger charge is -2.24. The molecule has 1 fully saturated rings. The zero-order valence-electron chi connectivity index (χ0n) is 13.1. The van der Waals surface area contributed by atoms with Gasteiger partial charge in [0.15, 0.2) is 0 Å². The Balaban J connectivity index is 2.40. The fourth-order valence-electron chi connectivity index (χ4n) is 1.88. The lowest BCUT2D eigenvalue weighted by molar-refractivity contribution is 0.0292. The number of carbonyl (C=O) groups is 1. The highest BCUT2D eigenvalue weighted by molar-refractivity contribution is 7.90. The molecule has 1 unspecified atom stereocenters. The van der Waals surface area contributed by atoms with Crippen LogP contribution in [-0.2, 0) is 16.1 Å². The standard InChI is InChI=1S/C14H26N2O3S/c1-11(2)10-20(18)15-8-12-6-7-16(9-12)13(17)19-14(3,4)5/h8,11-12H,6-7,9-10H2,1-5H3/t12-,20?/m0/s1. The highest BCUT2D eigenvalue weighted by Gasteiger charge is 2.29. The van der Waals surface area contributed by atoms with E-state index in [1.54, 1.807) is 11.1 Å². The van der Waals surface area contributed by atoms with Crippen molar-refractivity contribution >= 4 is 23.7 Å². The summed E-state index contributed by atoms with van der Waals surface area (Å²) in [5, 5.41) is 0. The Kier molecular flexibility index (Phi) is 6.33. The predicted molar refractivity (Wildman–Crippen MR) is 82.3 cm³/mol. The Bertz CT molecular complexity index is 353. The average Bonchev–Trinajstić information content (AvgIpc) is 2.71. The third kappa shape index (κ3) is 6.61. The SMILES string of the molecule is CC(C)C[S+]([O-])N=C[C@@H]1CCN(C(=O)OC(C)(C)C)C1. The first-order valence-electron chi connectivity index (χ1n) is 7.08. The molecule has 0 N–H and O–H groups in total. The van der Waals surface area contributed by atoms with Gasteiger partial charge in [0.25, 0.3) is 0 Å². The van der Waals surface area contributed by atoms with Crippen molar-refractivity contribution in [3.8, 4) is 0 Å².